The van der Waals surface area contributed by atoms with E-state index in [1.807, 2.05) is 0 Å². The molecular formula is C12H8BrCl3N2O2S. The maximum Gasteiger partial charge on any atom is 0.262 e. The molecule has 0 aliphatic heterocycles. The van der Waals surface area contributed by atoms with Crippen molar-refractivity contribution in [2.24, 2.45) is 0 Å². The van der Waals surface area contributed by atoms with Gasteiger partial charge in [0.05, 0.1) is 20.6 Å². The summed E-state index contributed by atoms with van der Waals surface area (Å²) in [7, 11) is -3.87. The molecule has 0 radical (unpaired) electrons. The second-order valence-electron chi connectivity index (χ2n) is 4.03. The van der Waals surface area contributed by atoms with Crippen molar-refractivity contribution in [2.45, 2.75) is 4.90 Å². The van der Waals surface area contributed by atoms with E-state index >= 15 is 0 Å². The van der Waals surface area contributed by atoms with Crippen LogP contribution in [0.15, 0.2) is 39.7 Å². The minimum Gasteiger partial charge on any atom is -0.398 e. The fourth-order valence-corrected chi connectivity index (χ4v) is 3.93. The predicted molar refractivity (Wildman–Crippen MR) is 90.8 cm³/mol. The molecule has 4 nitrogen and oxygen atoms in total. The fraction of sp³-hybridized carbons (Fsp3) is 0. The van der Waals surface area contributed by atoms with Crippen LogP contribution in [0.5, 0.6) is 0 Å². The van der Waals surface area contributed by atoms with Crippen molar-refractivity contribution in [3.8, 4) is 0 Å². The van der Waals surface area contributed by atoms with Gasteiger partial charge in [0, 0.05) is 15.2 Å². The van der Waals surface area contributed by atoms with Crippen molar-refractivity contribution in [1.29, 1.82) is 0 Å². The first-order chi connectivity index (χ1) is 9.70. The molecule has 2 aromatic rings. The summed E-state index contributed by atoms with van der Waals surface area (Å²) in [5.74, 6) is 0. The molecule has 0 aromatic heterocycles. The summed E-state index contributed by atoms with van der Waals surface area (Å²) in [6, 6.07) is 7.05. The summed E-state index contributed by atoms with van der Waals surface area (Å²) < 4.78 is 27.6. The molecule has 0 bridgehead atoms. The van der Waals surface area contributed by atoms with Crippen LogP contribution in [0.25, 0.3) is 0 Å². The summed E-state index contributed by atoms with van der Waals surface area (Å²) in [4.78, 5) is -0.00900. The Hall–Kier alpha value is -0.660. The number of rotatable bonds is 3. The molecule has 9 heteroatoms. The quantitative estimate of drug-likeness (QED) is 0.688. The van der Waals surface area contributed by atoms with Gasteiger partial charge >= 0.3 is 0 Å². The summed E-state index contributed by atoms with van der Waals surface area (Å²) in [5.41, 5.74) is 6.04. The second-order valence-corrected chi connectivity index (χ2v) is 7.82. The first-order valence-electron chi connectivity index (χ1n) is 5.43. The minimum absolute atomic E-state index is 0.00900. The van der Waals surface area contributed by atoms with Crippen LogP contribution in [0, 0.1) is 0 Å². The normalized spacial score (nSPS) is 11.4. The summed E-state index contributed by atoms with van der Waals surface area (Å²) >= 11 is 20.9. The lowest BCUT2D eigenvalue weighted by Crippen LogP contribution is -2.14. The highest BCUT2D eigenvalue weighted by atomic mass is 79.9. The van der Waals surface area contributed by atoms with E-state index in [1.165, 1.54) is 30.3 Å². The maximum absolute atomic E-state index is 12.3. The molecule has 0 atom stereocenters. The molecule has 0 amide bonds. The Morgan fingerprint density at radius 1 is 1.05 bits per heavy atom. The lowest BCUT2D eigenvalue weighted by atomic mass is 10.3. The Morgan fingerprint density at radius 3 is 2.14 bits per heavy atom. The molecule has 0 saturated heterocycles. The van der Waals surface area contributed by atoms with Crippen molar-refractivity contribution >= 4 is 72.1 Å². The average Bonchev–Trinajstić information content (AvgIpc) is 2.37. The van der Waals surface area contributed by atoms with E-state index in [2.05, 4.69) is 20.7 Å². The number of benzene rings is 2. The monoisotopic (exact) mass is 428 g/mol. The van der Waals surface area contributed by atoms with Gasteiger partial charge in [0.25, 0.3) is 10.0 Å². The third-order valence-corrected chi connectivity index (χ3v) is 5.41. The average molecular weight is 431 g/mol. The lowest BCUT2D eigenvalue weighted by molar-refractivity contribution is 0.601. The van der Waals surface area contributed by atoms with Crippen LogP contribution in [0.1, 0.15) is 0 Å². The van der Waals surface area contributed by atoms with Gasteiger partial charge < -0.3 is 5.73 Å². The molecule has 2 aromatic carbocycles. The van der Waals surface area contributed by atoms with Crippen LogP contribution in [-0.2, 0) is 10.0 Å². The van der Waals surface area contributed by atoms with Crippen molar-refractivity contribution in [1.82, 2.24) is 0 Å². The highest BCUT2D eigenvalue weighted by molar-refractivity contribution is 9.10. The van der Waals surface area contributed by atoms with Gasteiger partial charge in [-0.25, -0.2) is 8.42 Å². The highest BCUT2D eigenvalue weighted by Gasteiger charge is 2.19. The minimum atomic E-state index is -3.87. The van der Waals surface area contributed by atoms with Crippen LogP contribution in [0.4, 0.5) is 11.4 Å². The molecule has 0 saturated carbocycles. The molecule has 2 rings (SSSR count). The highest BCUT2D eigenvalue weighted by Crippen LogP contribution is 2.35. The van der Waals surface area contributed by atoms with Crippen LogP contribution >= 0.6 is 50.7 Å². The van der Waals surface area contributed by atoms with E-state index in [1.54, 1.807) is 0 Å². The second kappa shape index (κ2) is 6.22. The molecule has 0 aliphatic carbocycles. The van der Waals surface area contributed by atoms with E-state index < -0.39 is 10.0 Å². The molecule has 0 aliphatic rings. The van der Waals surface area contributed by atoms with E-state index in [0.717, 1.165) is 0 Å². The molecule has 0 heterocycles. The standard InChI is InChI=1S/C12H8BrCl3N2O2S/c13-8-2-1-7(5-11(8)17)21(19,20)18-12-9(15)3-6(14)4-10(12)16/h1-5,18H,17H2. The van der Waals surface area contributed by atoms with Gasteiger partial charge in [0.15, 0.2) is 0 Å². The number of nitrogens with one attached hydrogen (secondary N) is 1. The zero-order chi connectivity index (χ0) is 15.8. The molecule has 0 spiro atoms. The van der Waals surface area contributed by atoms with Crippen molar-refractivity contribution in [3.05, 3.63) is 49.9 Å². The first kappa shape index (κ1) is 16.7. The number of hydrogen-bond donors (Lipinski definition) is 2. The third kappa shape index (κ3) is 3.76. The van der Waals surface area contributed by atoms with Crippen LogP contribution in [0.2, 0.25) is 15.1 Å². The smallest absolute Gasteiger partial charge is 0.262 e. The number of nitrogen functional groups attached to an aromatic ring is 1. The molecule has 21 heavy (non-hydrogen) atoms. The predicted octanol–water partition coefficient (Wildman–Crippen LogP) is 4.79. The first-order valence-corrected chi connectivity index (χ1v) is 8.84. The molecule has 3 N–H and O–H groups in total. The largest absolute Gasteiger partial charge is 0.398 e. The number of sulfonamides is 1. The topological polar surface area (TPSA) is 72.2 Å². The Morgan fingerprint density at radius 2 is 1.62 bits per heavy atom. The van der Waals surface area contributed by atoms with Gasteiger partial charge in [-0.05, 0) is 46.3 Å². The van der Waals surface area contributed by atoms with Gasteiger partial charge in [-0.2, -0.15) is 0 Å². The Balaban J connectivity index is 2.44. The molecule has 112 valence electrons. The maximum atomic E-state index is 12.3. The lowest BCUT2D eigenvalue weighted by Gasteiger charge is -2.12. The van der Waals surface area contributed by atoms with Crippen LogP contribution < -0.4 is 10.5 Å². The van der Waals surface area contributed by atoms with Crippen molar-refractivity contribution < 1.29 is 8.42 Å². The summed E-state index contributed by atoms with van der Waals surface area (Å²) in [6.07, 6.45) is 0. The fourth-order valence-electron chi connectivity index (χ4n) is 1.52. The van der Waals surface area contributed by atoms with E-state index in [-0.39, 0.29) is 20.6 Å². The summed E-state index contributed by atoms with van der Waals surface area (Å²) in [6.45, 7) is 0. The van der Waals surface area contributed by atoms with E-state index in [9.17, 15) is 8.42 Å². The summed E-state index contributed by atoms with van der Waals surface area (Å²) in [5, 5.41) is 0.503. The van der Waals surface area contributed by atoms with Crippen molar-refractivity contribution in [2.75, 3.05) is 10.5 Å². The van der Waals surface area contributed by atoms with Crippen LogP contribution in [0.3, 0.4) is 0 Å². The Labute approximate surface area is 145 Å². The molecule has 0 unspecified atom stereocenters. The number of anilines is 2. The SMILES string of the molecule is Nc1cc(S(=O)(=O)Nc2c(Cl)cc(Cl)cc2Cl)ccc1Br. The van der Waals surface area contributed by atoms with E-state index in [4.69, 9.17) is 40.5 Å². The Bertz CT molecular complexity index is 789. The third-order valence-electron chi connectivity index (χ3n) is 2.52. The Kier molecular flexibility index (Phi) is 4.95. The van der Waals surface area contributed by atoms with Crippen molar-refractivity contribution in [3.63, 3.8) is 0 Å². The van der Waals surface area contributed by atoms with Gasteiger partial charge in [-0.15, -0.1) is 0 Å². The number of halogens is 4. The van der Waals surface area contributed by atoms with Gasteiger partial charge in [0.2, 0.25) is 0 Å². The van der Waals surface area contributed by atoms with Gasteiger partial charge in [-0.1, -0.05) is 34.8 Å². The molecule has 0 fully saturated rings. The zero-order valence-corrected chi connectivity index (χ0v) is 14.9. The number of hydrogen-bond acceptors (Lipinski definition) is 3. The van der Waals surface area contributed by atoms with E-state index in [0.29, 0.717) is 15.2 Å². The van der Waals surface area contributed by atoms with Crippen LogP contribution in [-0.4, -0.2) is 8.42 Å². The number of nitrogens with two attached hydrogens (primary N) is 1. The van der Waals surface area contributed by atoms with Gasteiger partial charge in [-0.3, -0.25) is 4.72 Å². The van der Waals surface area contributed by atoms with Gasteiger partial charge in [0.1, 0.15) is 0 Å². The molecular weight excluding hydrogens is 422 g/mol. The zero-order valence-electron chi connectivity index (χ0n) is 10.2.